The van der Waals surface area contributed by atoms with E-state index in [4.69, 9.17) is 17.3 Å². The Hall–Kier alpha value is -0.890. The molecule has 3 heteroatoms. The van der Waals surface area contributed by atoms with E-state index < -0.39 is 0 Å². The van der Waals surface area contributed by atoms with E-state index in [1.165, 1.54) is 38.5 Å². The summed E-state index contributed by atoms with van der Waals surface area (Å²) in [5.74, 6) is 0.868. The van der Waals surface area contributed by atoms with E-state index in [1.807, 2.05) is 18.2 Å². The van der Waals surface area contributed by atoms with E-state index >= 15 is 0 Å². The molecule has 4 fully saturated rings. The number of nitrogen functional groups attached to an aromatic ring is 1. The molecule has 2 atom stereocenters. The molecule has 4 bridgehead atoms. The van der Waals surface area contributed by atoms with Crippen LogP contribution in [0.2, 0.25) is 5.02 Å². The molecule has 3 N–H and O–H groups in total. The summed E-state index contributed by atoms with van der Waals surface area (Å²) in [6.07, 6.45) is 8.00. The van der Waals surface area contributed by atoms with Gasteiger partial charge >= 0.3 is 0 Å². The fraction of sp³-hybridized carbons (Fsp3) is 0.667. The van der Waals surface area contributed by atoms with Crippen LogP contribution in [0.25, 0.3) is 0 Å². The van der Waals surface area contributed by atoms with Gasteiger partial charge in [0.1, 0.15) is 0 Å². The van der Waals surface area contributed by atoms with Crippen molar-refractivity contribution in [2.75, 3.05) is 11.1 Å². The number of benzene rings is 1. The highest BCUT2D eigenvalue weighted by Gasteiger charge is 2.60. The lowest BCUT2D eigenvalue weighted by Gasteiger charge is -2.65. The van der Waals surface area contributed by atoms with Gasteiger partial charge in [-0.15, -0.1) is 0 Å². The number of rotatable bonds is 2. The maximum absolute atomic E-state index is 6.40. The molecule has 0 aliphatic heterocycles. The maximum Gasteiger partial charge on any atom is 0.0767 e. The van der Waals surface area contributed by atoms with Gasteiger partial charge in [-0.2, -0.15) is 0 Å². The zero-order valence-corrected chi connectivity index (χ0v) is 13.8. The third-order valence-electron chi connectivity index (χ3n) is 6.06. The highest BCUT2D eigenvalue weighted by atomic mass is 35.5. The molecule has 2 unspecified atom stereocenters. The summed E-state index contributed by atoms with van der Waals surface area (Å²) < 4.78 is 0. The normalized spacial score (nSPS) is 44.0. The molecule has 0 aromatic heterocycles. The quantitative estimate of drug-likeness (QED) is 0.747. The number of hydrogen-bond acceptors (Lipinski definition) is 2. The van der Waals surface area contributed by atoms with Crippen LogP contribution in [0, 0.1) is 16.7 Å². The van der Waals surface area contributed by atoms with Gasteiger partial charge in [0.2, 0.25) is 0 Å². The molecule has 4 saturated carbocycles. The molecule has 0 saturated heterocycles. The van der Waals surface area contributed by atoms with E-state index in [1.54, 1.807) is 0 Å². The molecule has 0 radical (unpaired) electrons. The predicted molar refractivity (Wildman–Crippen MR) is 89.6 cm³/mol. The molecule has 4 aliphatic carbocycles. The topological polar surface area (TPSA) is 38.0 Å². The smallest absolute Gasteiger partial charge is 0.0767 e. The van der Waals surface area contributed by atoms with Crippen molar-refractivity contribution in [3.05, 3.63) is 23.2 Å². The van der Waals surface area contributed by atoms with Gasteiger partial charge in [-0.1, -0.05) is 31.5 Å². The lowest BCUT2D eigenvalue weighted by atomic mass is 9.43. The standard InChI is InChI=1S/C18H25ClN2/c1-16-6-12-7-17(2,9-16)11-18(8-12,10-16)21-15-13(19)4-3-5-14(15)20/h3-5,12,21H,6-11,20H2,1-2H3. The van der Waals surface area contributed by atoms with Crippen LogP contribution < -0.4 is 11.1 Å². The molecule has 2 nitrogen and oxygen atoms in total. The first-order valence-corrected chi connectivity index (χ1v) is 8.51. The Morgan fingerprint density at radius 3 is 2.33 bits per heavy atom. The van der Waals surface area contributed by atoms with E-state index in [0.717, 1.165) is 22.3 Å². The van der Waals surface area contributed by atoms with Crippen LogP contribution in [0.4, 0.5) is 11.4 Å². The molecular weight excluding hydrogens is 280 g/mol. The molecule has 4 aliphatic rings. The van der Waals surface area contributed by atoms with Gasteiger partial charge in [-0.05, 0) is 67.4 Å². The van der Waals surface area contributed by atoms with Crippen LogP contribution in [0.5, 0.6) is 0 Å². The number of halogens is 1. The zero-order valence-electron chi connectivity index (χ0n) is 13.0. The van der Waals surface area contributed by atoms with Crippen molar-refractivity contribution in [2.24, 2.45) is 16.7 Å². The highest BCUT2D eigenvalue weighted by molar-refractivity contribution is 6.33. The minimum atomic E-state index is 0.196. The first-order valence-electron chi connectivity index (χ1n) is 8.13. The van der Waals surface area contributed by atoms with E-state index in [0.29, 0.717) is 10.8 Å². The Balaban J connectivity index is 1.72. The first-order chi connectivity index (χ1) is 9.81. The largest absolute Gasteiger partial charge is 0.397 e. The molecule has 1 aromatic rings. The van der Waals surface area contributed by atoms with Crippen molar-refractivity contribution in [2.45, 2.75) is 57.9 Å². The minimum absolute atomic E-state index is 0.196. The van der Waals surface area contributed by atoms with Crippen molar-refractivity contribution in [1.29, 1.82) is 0 Å². The number of para-hydroxylation sites is 1. The van der Waals surface area contributed by atoms with Crippen LogP contribution in [0.3, 0.4) is 0 Å². The Morgan fingerprint density at radius 1 is 1.10 bits per heavy atom. The summed E-state index contributed by atoms with van der Waals surface area (Å²) in [5, 5.41) is 4.57. The predicted octanol–water partition coefficient (Wildman–Crippen LogP) is 5.08. The third-order valence-corrected chi connectivity index (χ3v) is 6.38. The van der Waals surface area contributed by atoms with Crippen molar-refractivity contribution in [1.82, 2.24) is 0 Å². The van der Waals surface area contributed by atoms with Crippen LogP contribution in [-0.4, -0.2) is 5.54 Å². The Morgan fingerprint density at radius 2 is 1.76 bits per heavy atom. The Labute approximate surface area is 132 Å². The van der Waals surface area contributed by atoms with Gasteiger partial charge in [-0.25, -0.2) is 0 Å². The molecule has 0 heterocycles. The maximum atomic E-state index is 6.40. The van der Waals surface area contributed by atoms with E-state index in [-0.39, 0.29) is 5.54 Å². The van der Waals surface area contributed by atoms with E-state index in [9.17, 15) is 0 Å². The van der Waals surface area contributed by atoms with Crippen molar-refractivity contribution < 1.29 is 0 Å². The second-order valence-electron chi connectivity index (χ2n) is 8.74. The number of nitrogens with two attached hydrogens (primary N) is 1. The summed E-state index contributed by atoms with van der Waals surface area (Å²) in [6.45, 7) is 4.98. The fourth-order valence-electron chi connectivity index (χ4n) is 6.52. The second kappa shape index (κ2) is 4.10. The number of nitrogens with one attached hydrogen (secondary N) is 1. The van der Waals surface area contributed by atoms with Crippen molar-refractivity contribution >= 4 is 23.0 Å². The SMILES string of the molecule is CC12CC3CC(C)(C1)CC(Nc1c(N)cccc1Cl)(C3)C2. The molecule has 21 heavy (non-hydrogen) atoms. The zero-order chi connectivity index (χ0) is 14.9. The van der Waals surface area contributed by atoms with Gasteiger partial charge in [-0.3, -0.25) is 0 Å². The van der Waals surface area contributed by atoms with E-state index in [2.05, 4.69) is 19.2 Å². The molecule has 114 valence electrons. The average molecular weight is 305 g/mol. The molecule has 1 aromatic carbocycles. The Kier molecular flexibility index (Phi) is 2.68. The van der Waals surface area contributed by atoms with Crippen molar-refractivity contribution in [3.8, 4) is 0 Å². The van der Waals surface area contributed by atoms with Gasteiger partial charge in [0, 0.05) is 5.54 Å². The lowest BCUT2D eigenvalue weighted by molar-refractivity contribution is -0.0972. The summed E-state index contributed by atoms with van der Waals surface area (Å²) in [5.41, 5.74) is 9.08. The molecular formula is C18H25ClN2. The number of hydrogen-bond donors (Lipinski definition) is 2. The first kappa shape index (κ1) is 13.8. The summed E-state index contributed by atoms with van der Waals surface area (Å²) >= 11 is 6.40. The lowest BCUT2D eigenvalue weighted by Crippen LogP contribution is -2.61. The van der Waals surface area contributed by atoms with Gasteiger partial charge in [0.05, 0.1) is 16.4 Å². The van der Waals surface area contributed by atoms with Crippen molar-refractivity contribution in [3.63, 3.8) is 0 Å². The summed E-state index contributed by atoms with van der Waals surface area (Å²) in [6, 6.07) is 5.80. The summed E-state index contributed by atoms with van der Waals surface area (Å²) in [7, 11) is 0. The average Bonchev–Trinajstić information content (AvgIpc) is 2.29. The molecule has 5 rings (SSSR count). The van der Waals surface area contributed by atoms with Crippen LogP contribution in [0.15, 0.2) is 18.2 Å². The highest BCUT2D eigenvalue weighted by Crippen LogP contribution is 2.67. The monoisotopic (exact) mass is 304 g/mol. The summed E-state index contributed by atoms with van der Waals surface area (Å²) in [4.78, 5) is 0. The van der Waals surface area contributed by atoms with Gasteiger partial charge < -0.3 is 11.1 Å². The van der Waals surface area contributed by atoms with Crippen LogP contribution in [-0.2, 0) is 0 Å². The van der Waals surface area contributed by atoms with Gasteiger partial charge in [0.15, 0.2) is 0 Å². The fourth-order valence-corrected chi connectivity index (χ4v) is 6.75. The second-order valence-corrected chi connectivity index (χ2v) is 9.15. The number of anilines is 2. The van der Waals surface area contributed by atoms with Gasteiger partial charge in [0.25, 0.3) is 0 Å². The minimum Gasteiger partial charge on any atom is -0.397 e. The third kappa shape index (κ3) is 2.14. The Bertz CT molecular complexity index is 559. The van der Waals surface area contributed by atoms with Crippen LogP contribution in [0.1, 0.15) is 52.4 Å². The molecule has 0 amide bonds. The van der Waals surface area contributed by atoms with Crippen LogP contribution >= 0.6 is 11.6 Å². The molecule has 0 spiro atoms.